The lowest BCUT2D eigenvalue weighted by molar-refractivity contribution is -0.305. The number of aliphatic hydroxyl groups excluding tert-OH is 5. The van der Waals surface area contributed by atoms with Crippen molar-refractivity contribution in [3.05, 3.63) is 60.8 Å². The van der Waals surface area contributed by atoms with E-state index in [1.807, 2.05) is 6.08 Å². The number of esters is 1. The molecule has 1 fully saturated rings. The normalized spacial score (nSPS) is 19.4. The highest BCUT2D eigenvalue weighted by Crippen LogP contribution is 2.26. The molecule has 0 radical (unpaired) electrons. The molecule has 77 heavy (non-hydrogen) atoms. The highest BCUT2D eigenvalue weighted by atomic mass is 16.7. The van der Waals surface area contributed by atoms with Crippen LogP contribution in [0.4, 0.5) is 0 Å². The first-order valence-electron chi connectivity index (χ1n) is 32.1. The zero-order valence-electron chi connectivity index (χ0n) is 49.6. The largest absolute Gasteiger partial charge is 0.454 e. The van der Waals surface area contributed by atoms with Crippen LogP contribution in [0.2, 0.25) is 0 Å². The lowest BCUT2D eigenvalue weighted by Crippen LogP contribution is -2.61. The molecule has 0 aromatic rings. The summed E-state index contributed by atoms with van der Waals surface area (Å²) < 4.78 is 17.6. The minimum Gasteiger partial charge on any atom is -0.454 e. The van der Waals surface area contributed by atoms with Gasteiger partial charge in [-0.2, -0.15) is 0 Å². The van der Waals surface area contributed by atoms with Crippen LogP contribution in [-0.4, -0.2) is 99.6 Å². The van der Waals surface area contributed by atoms with Gasteiger partial charge in [0, 0.05) is 6.42 Å². The lowest BCUT2D eigenvalue weighted by atomic mass is 9.99. The Morgan fingerprint density at radius 3 is 1.36 bits per heavy atom. The molecule has 448 valence electrons. The van der Waals surface area contributed by atoms with E-state index in [2.05, 4.69) is 74.7 Å². The number of carbonyl (C=O) groups excluding carboxylic acids is 2. The predicted octanol–water partition coefficient (Wildman–Crippen LogP) is 15.4. The third-order valence-corrected chi connectivity index (χ3v) is 14.9. The van der Waals surface area contributed by atoms with Gasteiger partial charge in [-0.25, -0.2) is 0 Å². The monoisotopic (exact) mass is 1090 g/mol. The van der Waals surface area contributed by atoms with Gasteiger partial charge in [-0.3, -0.25) is 9.59 Å². The third kappa shape index (κ3) is 42.0. The fourth-order valence-electron chi connectivity index (χ4n) is 9.81. The molecule has 1 heterocycles. The highest BCUT2D eigenvalue weighted by Gasteiger charge is 2.47. The zero-order valence-corrected chi connectivity index (χ0v) is 49.6. The molecule has 1 saturated heterocycles. The number of amides is 1. The Balaban J connectivity index is 2.65. The zero-order chi connectivity index (χ0) is 56.1. The van der Waals surface area contributed by atoms with E-state index >= 15 is 0 Å². The molecule has 0 aromatic heterocycles. The number of nitrogens with one attached hydrogen (secondary N) is 1. The predicted molar refractivity (Wildman–Crippen MR) is 320 cm³/mol. The SMILES string of the molecule is CCCCC/C=C\C/C=C\C/C=C\C/C=C\CCCCCCCC(=O)OC1C(OCC(NC(=O)C(O)CCCCCCCCCCCCCCCCCC)C(O)/C=C/CCCCCCCCCCC)OC(CO)C(O)C1O. The Kier molecular flexibility index (Phi) is 50.7. The second-order valence-corrected chi connectivity index (χ2v) is 22.1. The van der Waals surface area contributed by atoms with E-state index in [4.69, 9.17) is 14.2 Å². The molecule has 1 aliphatic rings. The molecule has 1 aliphatic heterocycles. The minimum absolute atomic E-state index is 0.102. The Bertz CT molecular complexity index is 1480. The first-order chi connectivity index (χ1) is 37.7. The Morgan fingerprint density at radius 2 is 0.896 bits per heavy atom. The van der Waals surface area contributed by atoms with Crippen molar-refractivity contribution in [2.45, 2.75) is 333 Å². The number of unbranched alkanes of at least 4 members (excludes halogenated alkanes) is 32. The molecule has 0 spiro atoms. The number of rotatable bonds is 54. The van der Waals surface area contributed by atoms with E-state index in [9.17, 15) is 35.1 Å². The lowest BCUT2D eigenvalue weighted by Gasteiger charge is -2.41. The fourth-order valence-corrected chi connectivity index (χ4v) is 9.81. The van der Waals surface area contributed by atoms with E-state index in [1.54, 1.807) is 6.08 Å². The molecule has 0 aliphatic carbocycles. The van der Waals surface area contributed by atoms with Gasteiger partial charge in [0.1, 0.15) is 24.4 Å². The van der Waals surface area contributed by atoms with E-state index in [-0.39, 0.29) is 13.0 Å². The molecule has 8 unspecified atom stereocenters. The van der Waals surface area contributed by atoms with E-state index in [1.165, 1.54) is 148 Å². The topological polar surface area (TPSA) is 175 Å². The van der Waals surface area contributed by atoms with Crippen molar-refractivity contribution in [2.75, 3.05) is 13.2 Å². The van der Waals surface area contributed by atoms with Gasteiger partial charge in [0.25, 0.3) is 0 Å². The number of hydrogen-bond donors (Lipinski definition) is 6. The molecule has 8 atom stereocenters. The van der Waals surface area contributed by atoms with Gasteiger partial charge in [-0.1, -0.05) is 268 Å². The third-order valence-electron chi connectivity index (χ3n) is 14.9. The summed E-state index contributed by atoms with van der Waals surface area (Å²) >= 11 is 0. The second-order valence-electron chi connectivity index (χ2n) is 22.1. The van der Waals surface area contributed by atoms with Gasteiger partial charge >= 0.3 is 5.97 Å². The van der Waals surface area contributed by atoms with Gasteiger partial charge in [0.05, 0.1) is 25.4 Å². The van der Waals surface area contributed by atoms with Gasteiger partial charge in [-0.05, 0) is 70.6 Å². The first-order valence-corrected chi connectivity index (χ1v) is 32.1. The Hall–Kier alpha value is -2.64. The van der Waals surface area contributed by atoms with Crippen LogP contribution < -0.4 is 5.32 Å². The molecule has 11 heteroatoms. The molecule has 1 amide bonds. The summed E-state index contributed by atoms with van der Waals surface area (Å²) in [5.74, 6) is -1.21. The van der Waals surface area contributed by atoms with E-state index < -0.39 is 67.4 Å². The number of allylic oxidation sites excluding steroid dienone is 9. The number of hydrogen-bond acceptors (Lipinski definition) is 10. The molecule has 11 nitrogen and oxygen atoms in total. The minimum atomic E-state index is -1.62. The van der Waals surface area contributed by atoms with E-state index in [0.29, 0.717) is 19.3 Å². The molecule has 0 bridgehead atoms. The van der Waals surface area contributed by atoms with Crippen LogP contribution in [0.25, 0.3) is 0 Å². The van der Waals surface area contributed by atoms with Crippen molar-refractivity contribution in [1.82, 2.24) is 5.32 Å². The van der Waals surface area contributed by atoms with Crippen LogP contribution in [0.3, 0.4) is 0 Å². The van der Waals surface area contributed by atoms with Crippen LogP contribution in [0.1, 0.15) is 284 Å². The summed E-state index contributed by atoms with van der Waals surface area (Å²) in [6, 6.07) is -1.03. The van der Waals surface area contributed by atoms with Gasteiger partial charge in [0.2, 0.25) is 5.91 Å². The average Bonchev–Trinajstić information content (AvgIpc) is 3.43. The maximum absolute atomic E-state index is 13.4. The summed E-state index contributed by atoms with van der Waals surface area (Å²) in [4.78, 5) is 26.6. The van der Waals surface area contributed by atoms with Gasteiger partial charge in [-0.15, -0.1) is 0 Å². The van der Waals surface area contributed by atoms with Crippen molar-refractivity contribution in [2.24, 2.45) is 0 Å². The van der Waals surface area contributed by atoms with Crippen molar-refractivity contribution in [3.8, 4) is 0 Å². The summed E-state index contributed by atoms with van der Waals surface area (Å²) in [5, 5.41) is 57.0. The highest BCUT2D eigenvalue weighted by molar-refractivity contribution is 5.80. The maximum atomic E-state index is 13.4. The number of aliphatic hydroxyl groups is 5. The fraction of sp³-hybridized carbons (Fsp3) is 0.818. The Morgan fingerprint density at radius 1 is 0.506 bits per heavy atom. The standard InChI is InChI=1S/C66H119NO10/c1-4-7-10-13-16-19-22-24-26-28-29-30-31-32-34-36-39-42-45-48-51-54-61(71)77-64-63(73)62(72)60(55-68)76-66(64)75-56-57(58(69)52-49-46-43-40-37-21-18-15-12-9-6-3)67-65(74)59(70)53-50-47-44-41-38-35-33-27-25-23-20-17-14-11-8-5-2/h16,19,24,26,29-30,32,34,49,52,57-60,62-64,66,68-70,72-73H,4-15,17-18,20-23,25,27-28,31,33,35-48,50-51,53-56H2,1-3H3,(H,67,74)/b19-16-,26-24-,30-29-,34-32-,52-49+. The molecule has 0 aromatic carbocycles. The van der Waals surface area contributed by atoms with Crippen LogP contribution in [0.5, 0.6) is 0 Å². The molecule has 6 N–H and O–H groups in total. The van der Waals surface area contributed by atoms with Crippen LogP contribution >= 0.6 is 0 Å². The number of ether oxygens (including phenoxy) is 3. The summed E-state index contributed by atoms with van der Waals surface area (Å²) in [5.41, 5.74) is 0. The Labute approximate surface area is 471 Å². The van der Waals surface area contributed by atoms with Crippen molar-refractivity contribution in [1.29, 1.82) is 0 Å². The summed E-state index contributed by atoms with van der Waals surface area (Å²) in [6.45, 7) is 5.76. The molecular formula is C66H119NO10. The van der Waals surface area contributed by atoms with Crippen LogP contribution in [-0.2, 0) is 23.8 Å². The van der Waals surface area contributed by atoms with Crippen molar-refractivity contribution in [3.63, 3.8) is 0 Å². The van der Waals surface area contributed by atoms with Crippen molar-refractivity contribution < 1.29 is 49.3 Å². The van der Waals surface area contributed by atoms with Crippen molar-refractivity contribution >= 4 is 11.9 Å². The summed E-state index contributed by atoms with van der Waals surface area (Å²) in [7, 11) is 0. The summed E-state index contributed by atoms with van der Waals surface area (Å²) in [6.07, 6.45) is 56.8. The molecular weight excluding hydrogens is 967 g/mol. The molecule has 0 saturated carbocycles. The number of carbonyl (C=O) groups is 2. The van der Waals surface area contributed by atoms with Gasteiger partial charge in [0.15, 0.2) is 12.4 Å². The second kappa shape index (κ2) is 54.0. The smallest absolute Gasteiger partial charge is 0.306 e. The van der Waals surface area contributed by atoms with Crippen LogP contribution in [0, 0.1) is 0 Å². The average molecular weight is 1090 g/mol. The quantitative estimate of drug-likeness (QED) is 0.0195. The van der Waals surface area contributed by atoms with Gasteiger partial charge < -0.3 is 45.1 Å². The molecule has 1 rings (SSSR count). The maximum Gasteiger partial charge on any atom is 0.306 e. The first kappa shape index (κ1) is 72.4. The van der Waals surface area contributed by atoms with Crippen LogP contribution in [0.15, 0.2) is 60.8 Å². The van der Waals surface area contributed by atoms with E-state index in [0.717, 1.165) is 89.9 Å².